The molecule has 0 bridgehead atoms. The van der Waals surface area contributed by atoms with Gasteiger partial charge in [-0.05, 0) is 18.6 Å². The van der Waals surface area contributed by atoms with Crippen molar-refractivity contribution in [1.29, 1.82) is 0 Å². The number of rotatable bonds is 3. The van der Waals surface area contributed by atoms with Crippen molar-refractivity contribution < 1.29 is 9.53 Å². The molecule has 4 rings (SSSR count). The minimum Gasteiger partial charge on any atom is -0.378 e. The van der Waals surface area contributed by atoms with Gasteiger partial charge < -0.3 is 14.2 Å². The Morgan fingerprint density at radius 3 is 2.48 bits per heavy atom. The van der Waals surface area contributed by atoms with Crippen LogP contribution in [0.5, 0.6) is 0 Å². The van der Waals surface area contributed by atoms with Crippen molar-refractivity contribution in [1.82, 2.24) is 9.47 Å². The quantitative estimate of drug-likeness (QED) is 0.720. The number of fused-ring (bicyclic) bond motifs is 1. The molecule has 1 saturated heterocycles. The average molecular weight is 362 g/mol. The van der Waals surface area contributed by atoms with E-state index >= 15 is 0 Å². The SMILES string of the molecule is Cc1ccc(Cn2c(=O)cc(C(=O)N3CCOCC3)c3ccccc32)cc1. The Morgan fingerprint density at radius 2 is 1.74 bits per heavy atom. The lowest BCUT2D eigenvalue weighted by Gasteiger charge is -2.27. The topological polar surface area (TPSA) is 51.5 Å². The average Bonchev–Trinajstić information content (AvgIpc) is 2.71. The number of carbonyl (C=O) groups is 1. The van der Waals surface area contributed by atoms with E-state index in [0.29, 0.717) is 38.4 Å². The van der Waals surface area contributed by atoms with Crippen molar-refractivity contribution in [3.63, 3.8) is 0 Å². The largest absolute Gasteiger partial charge is 0.378 e. The molecule has 1 aliphatic heterocycles. The molecular weight excluding hydrogens is 340 g/mol. The summed E-state index contributed by atoms with van der Waals surface area (Å²) in [5.41, 5.74) is 3.33. The van der Waals surface area contributed by atoms with Crippen LogP contribution in [0.25, 0.3) is 10.9 Å². The van der Waals surface area contributed by atoms with Crippen LogP contribution < -0.4 is 5.56 Å². The maximum atomic E-state index is 13.0. The van der Waals surface area contributed by atoms with Crippen LogP contribution in [0.15, 0.2) is 59.4 Å². The van der Waals surface area contributed by atoms with Crippen molar-refractivity contribution >= 4 is 16.8 Å². The fourth-order valence-electron chi connectivity index (χ4n) is 3.49. The van der Waals surface area contributed by atoms with Crippen LogP contribution >= 0.6 is 0 Å². The number of morpholine rings is 1. The first-order valence-corrected chi connectivity index (χ1v) is 9.18. The highest BCUT2D eigenvalue weighted by molar-refractivity contribution is 6.06. The lowest BCUT2D eigenvalue weighted by atomic mass is 10.1. The number of hydrogen-bond acceptors (Lipinski definition) is 3. The number of benzene rings is 2. The Morgan fingerprint density at radius 1 is 1.04 bits per heavy atom. The van der Waals surface area contributed by atoms with E-state index < -0.39 is 0 Å². The molecule has 0 atom stereocenters. The van der Waals surface area contributed by atoms with Gasteiger partial charge >= 0.3 is 0 Å². The van der Waals surface area contributed by atoms with E-state index in [4.69, 9.17) is 4.74 Å². The van der Waals surface area contributed by atoms with Crippen molar-refractivity contribution in [3.05, 3.63) is 81.6 Å². The van der Waals surface area contributed by atoms with Crippen LogP contribution in [0.4, 0.5) is 0 Å². The first-order chi connectivity index (χ1) is 13.1. The number of pyridine rings is 1. The number of aromatic nitrogens is 1. The minimum absolute atomic E-state index is 0.103. The van der Waals surface area contributed by atoms with Crippen molar-refractivity contribution in [2.75, 3.05) is 26.3 Å². The molecule has 3 aromatic rings. The van der Waals surface area contributed by atoms with Crippen LogP contribution in [-0.2, 0) is 11.3 Å². The second-order valence-corrected chi connectivity index (χ2v) is 6.89. The predicted molar refractivity (Wildman–Crippen MR) is 105 cm³/mol. The Kier molecular flexibility index (Phi) is 4.77. The maximum Gasteiger partial charge on any atom is 0.254 e. The highest BCUT2D eigenvalue weighted by atomic mass is 16.5. The Balaban J connectivity index is 1.78. The summed E-state index contributed by atoms with van der Waals surface area (Å²) in [7, 11) is 0. The minimum atomic E-state index is -0.161. The molecule has 0 spiro atoms. The first-order valence-electron chi connectivity index (χ1n) is 9.18. The number of ether oxygens (including phenoxy) is 1. The second-order valence-electron chi connectivity index (χ2n) is 6.89. The molecule has 2 heterocycles. The molecule has 1 aliphatic rings. The molecule has 1 amide bonds. The number of hydrogen-bond donors (Lipinski definition) is 0. The molecule has 0 saturated carbocycles. The summed E-state index contributed by atoms with van der Waals surface area (Å²) in [5.74, 6) is -0.103. The highest BCUT2D eigenvalue weighted by Crippen LogP contribution is 2.20. The van der Waals surface area contributed by atoms with Gasteiger partial charge in [-0.1, -0.05) is 48.0 Å². The van der Waals surface area contributed by atoms with Crippen LogP contribution in [0.1, 0.15) is 21.5 Å². The number of carbonyl (C=O) groups excluding carboxylic acids is 1. The van der Waals surface area contributed by atoms with Gasteiger partial charge in [-0.3, -0.25) is 9.59 Å². The van der Waals surface area contributed by atoms with Gasteiger partial charge in [-0.15, -0.1) is 0 Å². The third kappa shape index (κ3) is 3.51. The van der Waals surface area contributed by atoms with Gasteiger partial charge in [-0.2, -0.15) is 0 Å². The molecule has 27 heavy (non-hydrogen) atoms. The summed E-state index contributed by atoms with van der Waals surface area (Å²) in [5, 5.41) is 0.806. The monoisotopic (exact) mass is 362 g/mol. The normalized spacial score (nSPS) is 14.5. The van der Waals surface area contributed by atoms with Gasteiger partial charge in [-0.25, -0.2) is 0 Å². The fraction of sp³-hybridized carbons (Fsp3) is 0.273. The summed E-state index contributed by atoms with van der Waals surface area (Å²) in [6.45, 7) is 4.70. The predicted octanol–water partition coefficient (Wildman–Crippen LogP) is 2.83. The van der Waals surface area contributed by atoms with E-state index in [-0.39, 0.29) is 11.5 Å². The summed E-state index contributed by atoms with van der Waals surface area (Å²) >= 11 is 0. The van der Waals surface area contributed by atoms with Gasteiger partial charge in [0.15, 0.2) is 0 Å². The molecule has 5 heteroatoms. The van der Waals surface area contributed by atoms with E-state index in [1.807, 2.05) is 55.5 Å². The van der Waals surface area contributed by atoms with Crippen molar-refractivity contribution in [3.8, 4) is 0 Å². The Hall–Kier alpha value is -2.92. The molecule has 1 fully saturated rings. The second kappa shape index (κ2) is 7.37. The van der Waals surface area contributed by atoms with Crippen LogP contribution in [0, 0.1) is 6.92 Å². The van der Waals surface area contributed by atoms with Gasteiger partial charge in [0.1, 0.15) is 0 Å². The molecule has 5 nitrogen and oxygen atoms in total. The lowest BCUT2D eigenvalue weighted by molar-refractivity contribution is 0.0304. The van der Waals surface area contributed by atoms with Gasteiger partial charge in [0.05, 0.1) is 30.8 Å². The molecule has 1 aromatic heterocycles. The summed E-state index contributed by atoms with van der Waals surface area (Å²) in [6.07, 6.45) is 0. The molecule has 138 valence electrons. The van der Waals surface area contributed by atoms with E-state index in [0.717, 1.165) is 16.5 Å². The zero-order chi connectivity index (χ0) is 18.8. The molecule has 0 N–H and O–H groups in total. The highest BCUT2D eigenvalue weighted by Gasteiger charge is 2.22. The first kappa shape index (κ1) is 17.5. The zero-order valence-electron chi connectivity index (χ0n) is 15.4. The van der Waals surface area contributed by atoms with Crippen LogP contribution in [0.2, 0.25) is 0 Å². The third-order valence-corrected chi connectivity index (χ3v) is 5.01. The van der Waals surface area contributed by atoms with E-state index in [9.17, 15) is 9.59 Å². The van der Waals surface area contributed by atoms with Gasteiger partial charge in [0.25, 0.3) is 11.5 Å². The number of nitrogens with zero attached hydrogens (tertiary/aromatic N) is 2. The van der Waals surface area contributed by atoms with E-state index in [1.54, 1.807) is 9.47 Å². The van der Waals surface area contributed by atoms with E-state index in [1.165, 1.54) is 11.6 Å². The smallest absolute Gasteiger partial charge is 0.254 e. The standard InChI is InChI=1S/C22H22N2O3/c1-16-6-8-17(9-7-16)15-24-20-5-3-2-4-18(20)19(14-21(24)25)22(26)23-10-12-27-13-11-23/h2-9,14H,10-13,15H2,1H3. The van der Waals surface area contributed by atoms with Crippen molar-refractivity contribution in [2.24, 2.45) is 0 Å². The molecule has 2 aromatic carbocycles. The van der Waals surface area contributed by atoms with Crippen molar-refractivity contribution in [2.45, 2.75) is 13.5 Å². The van der Waals surface area contributed by atoms with Gasteiger partial charge in [0.2, 0.25) is 0 Å². The Labute approximate surface area is 157 Å². The number of aryl methyl sites for hydroxylation is 1. The lowest BCUT2D eigenvalue weighted by Crippen LogP contribution is -2.41. The molecular formula is C22H22N2O3. The number of amides is 1. The summed E-state index contributed by atoms with van der Waals surface area (Å²) in [4.78, 5) is 27.6. The van der Waals surface area contributed by atoms with E-state index in [2.05, 4.69) is 0 Å². The zero-order valence-corrected chi connectivity index (χ0v) is 15.4. The molecule has 0 radical (unpaired) electrons. The van der Waals surface area contributed by atoms with Crippen LogP contribution in [-0.4, -0.2) is 41.7 Å². The number of para-hydroxylation sites is 1. The summed E-state index contributed by atoms with van der Waals surface area (Å²) < 4.78 is 7.06. The third-order valence-electron chi connectivity index (χ3n) is 5.01. The van der Waals surface area contributed by atoms with Crippen LogP contribution in [0.3, 0.4) is 0 Å². The summed E-state index contributed by atoms with van der Waals surface area (Å²) in [6, 6.07) is 17.2. The maximum absolute atomic E-state index is 13.0. The Bertz CT molecular complexity index is 1030. The molecule has 0 aliphatic carbocycles. The molecule has 0 unspecified atom stereocenters. The fourth-order valence-corrected chi connectivity index (χ4v) is 3.49. The van der Waals surface area contributed by atoms with Gasteiger partial charge in [0, 0.05) is 24.5 Å².